The van der Waals surface area contributed by atoms with Crippen molar-refractivity contribution in [3.05, 3.63) is 0 Å². The van der Waals surface area contributed by atoms with Gasteiger partial charge in [0.2, 0.25) is 11.8 Å². The first-order valence-electron chi connectivity index (χ1n) is 13.0. The fourth-order valence-corrected chi connectivity index (χ4v) is 6.14. The molecular formula is C25H37Cl2F2N5O5. The molecule has 2 aliphatic heterocycles. The molecule has 0 aromatic carbocycles. The molecule has 14 heteroatoms. The highest BCUT2D eigenvalue weighted by molar-refractivity contribution is 6.30. The van der Waals surface area contributed by atoms with Crippen molar-refractivity contribution in [2.75, 3.05) is 13.1 Å². The van der Waals surface area contributed by atoms with Crippen LogP contribution in [0.25, 0.3) is 0 Å². The number of nitrogens with zero attached hydrogens (tertiary/aromatic N) is 2. The van der Waals surface area contributed by atoms with Crippen molar-refractivity contribution in [1.29, 1.82) is 0 Å². The molecule has 0 aromatic rings. The molecule has 0 spiro atoms. The molecule has 2 saturated heterocycles. The first-order chi connectivity index (χ1) is 17.9. The van der Waals surface area contributed by atoms with Crippen LogP contribution in [0.3, 0.4) is 0 Å². The third-order valence-corrected chi connectivity index (χ3v) is 8.11. The number of hydrogen-bond acceptors (Lipinski definition) is 5. The molecule has 10 nitrogen and oxygen atoms in total. The van der Waals surface area contributed by atoms with Crippen molar-refractivity contribution in [2.24, 2.45) is 23.2 Å². The minimum atomic E-state index is -2.46. The number of hydrazine groups is 1. The molecule has 0 aromatic heterocycles. The summed E-state index contributed by atoms with van der Waals surface area (Å²) in [7, 11) is 0. The molecule has 7 atom stereocenters. The standard InChI is InChI=1S/C25H37Cl2F2N5O5/c1-24(2,3)16(30-21(37)17(26)28)22(38)33-10-12-7-6-8-14(12)15(33)20(36)32-34(23(39)18(27)29)11-13-9-25(4,5)31-19(13)35/h12-18H,6-11H2,1-5H3,(H,30,37)(H,31,35)(H,32,36)/t12-,13-,14-,15-,16+,17-,18+/m0/s1. The van der Waals surface area contributed by atoms with E-state index in [4.69, 9.17) is 23.2 Å². The number of halogens is 4. The molecule has 220 valence electrons. The number of likely N-dealkylation sites (tertiary alicyclic amines) is 1. The number of hydrogen-bond donors (Lipinski definition) is 3. The zero-order valence-corrected chi connectivity index (χ0v) is 24.2. The van der Waals surface area contributed by atoms with E-state index < -0.39 is 63.8 Å². The van der Waals surface area contributed by atoms with Gasteiger partial charge in [-0.3, -0.25) is 29.4 Å². The Hall–Kier alpha value is -2.21. The third-order valence-electron chi connectivity index (χ3n) is 7.73. The molecule has 3 rings (SSSR count). The molecule has 3 aliphatic rings. The molecular weight excluding hydrogens is 559 g/mol. The summed E-state index contributed by atoms with van der Waals surface area (Å²) >= 11 is 10.7. The lowest BCUT2D eigenvalue weighted by Gasteiger charge is -2.37. The molecule has 3 fully saturated rings. The quantitative estimate of drug-likeness (QED) is 0.306. The Labute approximate surface area is 236 Å². The highest BCUT2D eigenvalue weighted by Crippen LogP contribution is 2.43. The molecule has 0 radical (unpaired) electrons. The van der Waals surface area contributed by atoms with Crippen molar-refractivity contribution in [3.8, 4) is 0 Å². The summed E-state index contributed by atoms with van der Waals surface area (Å²) in [4.78, 5) is 65.9. The lowest BCUT2D eigenvalue weighted by molar-refractivity contribution is -0.150. The van der Waals surface area contributed by atoms with Crippen LogP contribution in [0.15, 0.2) is 0 Å². The zero-order valence-electron chi connectivity index (χ0n) is 22.7. The Morgan fingerprint density at radius 1 is 1.15 bits per heavy atom. The predicted octanol–water partition coefficient (Wildman–Crippen LogP) is 1.99. The Morgan fingerprint density at radius 2 is 1.79 bits per heavy atom. The molecule has 1 saturated carbocycles. The topological polar surface area (TPSA) is 128 Å². The van der Waals surface area contributed by atoms with Gasteiger partial charge in [0.1, 0.15) is 12.1 Å². The van der Waals surface area contributed by atoms with Crippen LogP contribution in [0, 0.1) is 23.2 Å². The van der Waals surface area contributed by atoms with E-state index in [0.717, 1.165) is 12.8 Å². The van der Waals surface area contributed by atoms with Crippen LogP contribution >= 0.6 is 23.2 Å². The van der Waals surface area contributed by atoms with Gasteiger partial charge in [-0.2, -0.15) is 0 Å². The van der Waals surface area contributed by atoms with Gasteiger partial charge in [-0.25, -0.2) is 13.8 Å². The lowest BCUT2D eigenvalue weighted by Crippen LogP contribution is -2.61. The third kappa shape index (κ3) is 7.11. The fraction of sp³-hybridized carbons (Fsp3) is 0.800. The SMILES string of the molecule is CC1(C)C[C@@H](CN(NC(=O)[C@@H]2[C@H]3CCC[C@H]3CN2C(=O)[C@@H](NC(=O)[C@H](F)Cl)C(C)(C)C)C(=O)[C@@H](F)Cl)C(=O)N1. The van der Waals surface area contributed by atoms with E-state index in [2.05, 4.69) is 16.1 Å². The van der Waals surface area contributed by atoms with E-state index >= 15 is 0 Å². The van der Waals surface area contributed by atoms with Gasteiger partial charge in [0.05, 0.1) is 12.5 Å². The average Bonchev–Trinajstić information content (AvgIpc) is 3.46. The van der Waals surface area contributed by atoms with E-state index in [1.54, 1.807) is 34.6 Å². The zero-order chi connectivity index (χ0) is 29.4. The van der Waals surface area contributed by atoms with Gasteiger partial charge in [-0.15, -0.1) is 0 Å². The average molecular weight is 597 g/mol. The van der Waals surface area contributed by atoms with E-state index in [0.29, 0.717) is 17.9 Å². The number of rotatable bonds is 7. The second kappa shape index (κ2) is 11.7. The van der Waals surface area contributed by atoms with Gasteiger partial charge in [0, 0.05) is 12.1 Å². The van der Waals surface area contributed by atoms with E-state index in [1.807, 2.05) is 0 Å². The van der Waals surface area contributed by atoms with Gasteiger partial charge in [0.15, 0.2) is 0 Å². The minimum absolute atomic E-state index is 0.00418. The first kappa shape index (κ1) is 31.3. The number of carbonyl (C=O) groups excluding carboxylic acids is 5. The maximum atomic E-state index is 13.9. The number of nitrogens with one attached hydrogen (secondary N) is 3. The Morgan fingerprint density at radius 3 is 2.31 bits per heavy atom. The lowest BCUT2D eigenvalue weighted by atomic mass is 9.85. The van der Waals surface area contributed by atoms with Crippen LogP contribution in [-0.2, 0) is 24.0 Å². The monoisotopic (exact) mass is 595 g/mol. The molecule has 3 N–H and O–H groups in total. The van der Waals surface area contributed by atoms with E-state index in [-0.39, 0.29) is 30.8 Å². The molecule has 5 amide bonds. The van der Waals surface area contributed by atoms with E-state index in [1.165, 1.54) is 4.90 Å². The van der Waals surface area contributed by atoms with Crippen LogP contribution in [0.4, 0.5) is 8.78 Å². The van der Waals surface area contributed by atoms with Crippen LogP contribution in [0.1, 0.15) is 60.3 Å². The van der Waals surface area contributed by atoms with Crippen molar-refractivity contribution >= 4 is 52.7 Å². The number of carbonyl (C=O) groups is 5. The summed E-state index contributed by atoms with van der Waals surface area (Å²) in [6, 6.07) is -2.24. The fourth-order valence-electron chi connectivity index (χ4n) is 5.96. The Bertz CT molecular complexity index is 1010. The second-order valence-corrected chi connectivity index (χ2v) is 13.2. The number of fused-ring (bicyclic) bond motifs is 1. The van der Waals surface area contributed by atoms with Gasteiger partial charge in [-0.05, 0) is 50.4 Å². The van der Waals surface area contributed by atoms with Crippen LogP contribution < -0.4 is 16.1 Å². The summed E-state index contributed by atoms with van der Waals surface area (Å²) in [6.45, 7) is 8.56. The normalized spacial score (nSPS) is 28.2. The Kier molecular flexibility index (Phi) is 9.41. The number of amides is 5. The summed E-state index contributed by atoms with van der Waals surface area (Å²) in [5, 5.41) is 5.84. The molecule has 1 aliphatic carbocycles. The van der Waals surface area contributed by atoms with Crippen molar-refractivity contribution < 1.29 is 32.8 Å². The van der Waals surface area contributed by atoms with Crippen molar-refractivity contribution in [2.45, 2.75) is 89.2 Å². The largest absolute Gasteiger partial charge is 0.351 e. The van der Waals surface area contributed by atoms with Crippen molar-refractivity contribution in [3.63, 3.8) is 0 Å². The predicted molar refractivity (Wildman–Crippen MR) is 139 cm³/mol. The smallest absolute Gasteiger partial charge is 0.291 e. The highest BCUT2D eigenvalue weighted by atomic mass is 35.5. The molecule has 39 heavy (non-hydrogen) atoms. The first-order valence-corrected chi connectivity index (χ1v) is 13.9. The summed E-state index contributed by atoms with van der Waals surface area (Å²) in [5.74, 6) is -5.05. The molecule has 0 bridgehead atoms. The van der Waals surface area contributed by atoms with Crippen molar-refractivity contribution in [1.82, 2.24) is 26.0 Å². The maximum absolute atomic E-state index is 13.9. The van der Waals surface area contributed by atoms with Gasteiger partial charge in [0.25, 0.3) is 29.0 Å². The van der Waals surface area contributed by atoms with Gasteiger partial charge < -0.3 is 15.5 Å². The van der Waals surface area contributed by atoms with Gasteiger partial charge in [-0.1, -0.05) is 50.4 Å². The maximum Gasteiger partial charge on any atom is 0.291 e. The molecule has 0 unspecified atom stereocenters. The van der Waals surface area contributed by atoms with E-state index in [9.17, 15) is 32.8 Å². The summed E-state index contributed by atoms with van der Waals surface area (Å²) in [6.07, 6.45) is 2.59. The summed E-state index contributed by atoms with van der Waals surface area (Å²) in [5.41, 5.74) is -3.80. The van der Waals surface area contributed by atoms with Crippen LogP contribution in [-0.4, -0.2) is 81.4 Å². The van der Waals surface area contributed by atoms with Gasteiger partial charge >= 0.3 is 0 Å². The second-order valence-electron chi connectivity index (χ2n) is 12.4. The van der Waals surface area contributed by atoms with Crippen LogP contribution in [0.5, 0.6) is 0 Å². The summed E-state index contributed by atoms with van der Waals surface area (Å²) < 4.78 is 27.4. The van der Waals surface area contributed by atoms with Crippen LogP contribution in [0.2, 0.25) is 0 Å². The molecule has 2 heterocycles. The highest BCUT2D eigenvalue weighted by Gasteiger charge is 2.52. The minimum Gasteiger partial charge on any atom is -0.351 e. The Balaban J connectivity index is 1.87. The number of alkyl halides is 4.